The average molecular weight is 437 g/mol. The van der Waals surface area contributed by atoms with Crippen molar-refractivity contribution in [3.05, 3.63) is 70.4 Å². The van der Waals surface area contributed by atoms with Crippen LogP contribution in [-0.2, 0) is 0 Å². The normalized spacial score (nSPS) is 15.6. The lowest BCUT2D eigenvalue weighted by Crippen LogP contribution is -2.29. The minimum atomic E-state index is -0.255. The number of hydrogen-bond donors (Lipinski definition) is 5. The minimum Gasteiger partial charge on any atom is -0.403 e. The molecule has 32 heavy (non-hydrogen) atoms. The Morgan fingerprint density at radius 1 is 1.25 bits per heavy atom. The lowest BCUT2D eigenvalue weighted by molar-refractivity contribution is 0.308. The summed E-state index contributed by atoms with van der Waals surface area (Å²) < 4.78 is 0. The molecule has 1 aromatic heterocycles. The standard InChI is InChI=1S/C22H31N7O.CHN/c1-15(29(25)14-12-23)16-7-9-18(10-8-16)28-21(24)20-19(11-13-26-22(20)30)27-17-5-3-2-4-6-17;1-2/h7-15,17H,2-6,23,25H2,1H3,(H2,24,28)(H2,26,27,30);1H/b14-12-;. The van der Waals surface area contributed by atoms with Crippen molar-refractivity contribution in [2.45, 2.75) is 51.1 Å². The van der Waals surface area contributed by atoms with Crippen LogP contribution >= 0.6 is 0 Å². The molecule has 1 fully saturated rings. The van der Waals surface area contributed by atoms with Gasteiger partial charge in [0.25, 0.3) is 5.56 Å². The summed E-state index contributed by atoms with van der Waals surface area (Å²) in [7, 11) is 0. The molecule has 0 bridgehead atoms. The van der Waals surface area contributed by atoms with Crippen LogP contribution in [0, 0.1) is 11.8 Å². The molecule has 0 saturated heterocycles. The second-order valence-electron chi connectivity index (χ2n) is 7.63. The zero-order chi connectivity index (χ0) is 23.5. The number of pyridine rings is 1. The second kappa shape index (κ2) is 12.2. The van der Waals surface area contributed by atoms with E-state index < -0.39 is 0 Å². The number of aromatic nitrogens is 1. The zero-order valence-corrected chi connectivity index (χ0v) is 18.4. The maximum absolute atomic E-state index is 12.5. The summed E-state index contributed by atoms with van der Waals surface area (Å²) in [6.07, 6.45) is 10.5. The van der Waals surface area contributed by atoms with Gasteiger partial charge in [-0.2, -0.15) is 0 Å². The van der Waals surface area contributed by atoms with E-state index in [1.54, 1.807) is 12.4 Å². The molecule has 1 unspecified atom stereocenters. The van der Waals surface area contributed by atoms with Gasteiger partial charge >= 0.3 is 0 Å². The first-order valence-electron chi connectivity index (χ1n) is 10.6. The van der Waals surface area contributed by atoms with Crippen LogP contribution in [-0.4, -0.2) is 21.9 Å². The van der Waals surface area contributed by atoms with Crippen LogP contribution in [0.1, 0.15) is 56.2 Å². The largest absolute Gasteiger partial charge is 0.403 e. The number of nitrogens with zero attached hydrogens (tertiary/aromatic N) is 3. The SMILES string of the molecule is C#N.CC(c1ccc(N=C(N)c2c(NC3CCCCC3)cc[nH]c2=O)cc1)N(N)/C=C\N. The van der Waals surface area contributed by atoms with Crippen molar-refractivity contribution in [2.24, 2.45) is 22.3 Å². The monoisotopic (exact) mass is 436 g/mol. The fourth-order valence-corrected chi connectivity index (χ4v) is 3.74. The number of amidine groups is 1. The van der Waals surface area contributed by atoms with E-state index in [-0.39, 0.29) is 17.4 Å². The summed E-state index contributed by atoms with van der Waals surface area (Å²) >= 11 is 0. The topological polar surface area (TPSA) is 162 Å². The number of aliphatic imine (C=N–C) groups is 1. The molecule has 3 rings (SSSR count). The van der Waals surface area contributed by atoms with Gasteiger partial charge in [-0.1, -0.05) is 31.4 Å². The molecule has 1 aliphatic carbocycles. The van der Waals surface area contributed by atoms with Crippen molar-refractivity contribution in [2.75, 3.05) is 5.32 Å². The van der Waals surface area contributed by atoms with Gasteiger partial charge in [-0.05, 0) is 43.5 Å². The first kappa shape index (κ1) is 24.5. The Balaban J connectivity index is 0.00000176. The van der Waals surface area contributed by atoms with E-state index in [9.17, 15) is 4.79 Å². The van der Waals surface area contributed by atoms with Crippen molar-refractivity contribution >= 4 is 17.2 Å². The molecule has 1 aliphatic rings. The van der Waals surface area contributed by atoms with E-state index in [1.807, 2.05) is 37.3 Å². The van der Waals surface area contributed by atoms with E-state index in [1.165, 1.54) is 30.5 Å². The Morgan fingerprint density at radius 2 is 1.91 bits per heavy atom. The van der Waals surface area contributed by atoms with E-state index in [0.29, 0.717) is 17.3 Å². The van der Waals surface area contributed by atoms with Crippen LogP contribution in [0.5, 0.6) is 0 Å². The molecule has 9 nitrogen and oxygen atoms in total. The van der Waals surface area contributed by atoms with Crippen molar-refractivity contribution < 1.29 is 0 Å². The smallest absolute Gasteiger partial charge is 0.261 e. The highest BCUT2D eigenvalue weighted by molar-refractivity contribution is 6.03. The minimum absolute atomic E-state index is 0.0524. The number of nitrogens with one attached hydrogen (secondary N) is 2. The van der Waals surface area contributed by atoms with Gasteiger partial charge < -0.3 is 26.8 Å². The first-order chi connectivity index (χ1) is 15.5. The number of H-pyrrole nitrogens is 1. The van der Waals surface area contributed by atoms with Gasteiger partial charge in [-0.3, -0.25) is 4.79 Å². The molecule has 1 atom stereocenters. The fourth-order valence-electron chi connectivity index (χ4n) is 3.74. The highest BCUT2D eigenvalue weighted by Crippen LogP contribution is 2.24. The molecule has 2 aromatic rings. The lowest BCUT2D eigenvalue weighted by atomic mass is 9.95. The van der Waals surface area contributed by atoms with Crippen LogP contribution in [0.4, 0.5) is 11.4 Å². The van der Waals surface area contributed by atoms with E-state index in [2.05, 4.69) is 21.9 Å². The van der Waals surface area contributed by atoms with Crippen LogP contribution in [0.15, 0.2) is 58.7 Å². The molecule has 1 heterocycles. The van der Waals surface area contributed by atoms with Gasteiger partial charge in [0.15, 0.2) is 0 Å². The first-order valence-corrected chi connectivity index (χ1v) is 10.6. The van der Waals surface area contributed by atoms with Gasteiger partial charge in [-0.15, -0.1) is 0 Å². The third kappa shape index (κ3) is 6.36. The number of nitrogens with two attached hydrogens (primary N) is 3. The highest BCUT2D eigenvalue weighted by Gasteiger charge is 2.18. The summed E-state index contributed by atoms with van der Waals surface area (Å²) in [6, 6.07) is 9.71. The molecular formula is C23H32N8O. The van der Waals surface area contributed by atoms with E-state index in [4.69, 9.17) is 22.6 Å². The van der Waals surface area contributed by atoms with Gasteiger partial charge in [0.2, 0.25) is 0 Å². The van der Waals surface area contributed by atoms with Crippen molar-refractivity contribution in [1.82, 2.24) is 9.99 Å². The Kier molecular flexibility index (Phi) is 9.32. The van der Waals surface area contributed by atoms with E-state index in [0.717, 1.165) is 24.1 Å². The predicted octanol–water partition coefficient (Wildman–Crippen LogP) is 2.96. The summed E-state index contributed by atoms with van der Waals surface area (Å²) in [5.74, 6) is 6.12. The van der Waals surface area contributed by atoms with Gasteiger partial charge in [-0.25, -0.2) is 16.1 Å². The van der Waals surface area contributed by atoms with Gasteiger partial charge in [0.05, 0.1) is 17.4 Å². The number of benzene rings is 1. The van der Waals surface area contributed by atoms with Crippen LogP contribution in [0.2, 0.25) is 0 Å². The Bertz CT molecular complexity index is 987. The number of anilines is 1. The Morgan fingerprint density at radius 3 is 2.53 bits per heavy atom. The quantitative estimate of drug-likeness (QED) is 0.193. The van der Waals surface area contributed by atoms with E-state index >= 15 is 0 Å². The maximum Gasteiger partial charge on any atom is 0.261 e. The molecule has 9 heteroatoms. The fraction of sp³-hybridized carbons (Fsp3) is 0.348. The summed E-state index contributed by atoms with van der Waals surface area (Å²) in [4.78, 5) is 19.7. The maximum atomic E-state index is 12.5. The number of hydrazine groups is 1. The number of aromatic amines is 1. The molecular weight excluding hydrogens is 404 g/mol. The molecule has 8 N–H and O–H groups in total. The lowest BCUT2D eigenvalue weighted by Gasteiger charge is -2.24. The zero-order valence-electron chi connectivity index (χ0n) is 18.4. The van der Waals surface area contributed by atoms with Crippen molar-refractivity contribution in [1.29, 1.82) is 5.26 Å². The summed E-state index contributed by atoms with van der Waals surface area (Å²) in [5.41, 5.74) is 14.2. The molecule has 170 valence electrons. The van der Waals surface area contributed by atoms with Gasteiger partial charge in [0, 0.05) is 31.2 Å². The second-order valence-corrected chi connectivity index (χ2v) is 7.63. The van der Waals surface area contributed by atoms with Crippen LogP contribution in [0.3, 0.4) is 0 Å². The number of hydrogen-bond acceptors (Lipinski definition) is 7. The Labute approximate surface area is 188 Å². The number of rotatable bonds is 7. The van der Waals surface area contributed by atoms with Crippen LogP contribution in [0.25, 0.3) is 0 Å². The van der Waals surface area contributed by atoms with Crippen molar-refractivity contribution in [3.63, 3.8) is 0 Å². The number of nitriles is 1. The predicted molar refractivity (Wildman–Crippen MR) is 129 cm³/mol. The molecule has 1 saturated carbocycles. The average Bonchev–Trinajstić information content (AvgIpc) is 2.81. The highest BCUT2D eigenvalue weighted by atomic mass is 16.1. The Hall–Kier alpha value is -3.77. The molecule has 0 amide bonds. The molecule has 0 spiro atoms. The third-order valence-corrected chi connectivity index (χ3v) is 5.51. The van der Waals surface area contributed by atoms with Crippen molar-refractivity contribution in [3.8, 4) is 6.57 Å². The summed E-state index contributed by atoms with van der Waals surface area (Å²) in [5, 5.41) is 11.5. The molecule has 0 aliphatic heterocycles. The third-order valence-electron chi connectivity index (χ3n) is 5.51. The van der Waals surface area contributed by atoms with Gasteiger partial charge in [0.1, 0.15) is 11.4 Å². The van der Waals surface area contributed by atoms with Crippen LogP contribution < -0.4 is 28.2 Å². The molecule has 0 radical (unpaired) electrons. The summed E-state index contributed by atoms with van der Waals surface area (Å²) in [6.45, 7) is 5.47. The molecule has 1 aromatic carbocycles.